The van der Waals surface area contributed by atoms with Crippen molar-refractivity contribution >= 4 is 48.3 Å². The average molecular weight is 406 g/mol. The number of halogens is 3. The molecule has 0 heterocycles. The van der Waals surface area contributed by atoms with Crippen LogP contribution < -0.4 is 0 Å². The molecule has 0 bridgehead atoms. The predicted octanol–water partition coefficient (Wildman–Crippen LogP) is 1.75. The van der Waals surface area contributed by atoms with Crippen molar-refractivity contribution < 1.29 is 0 Å². The molecule has 0 aromatic carbocycles. The molecule has 0 fully saturated rings. The quantitative estimate of drug-likeness (QED) is 0.460. The van der Waals surface area contributed by atoms with Gasteiger partial charge < -0.3 is 0 Å². The van der Waals surface area contributed by atoms with Crippen LogP contribution in [-0.2, 0) is 0 Å². The summed E-state index contributed by atoms with van der Waals surface area (Å²) in [5.41, 5.74) is 0. The van der Waals surface area contributed by atoms with Crippen LogP contribution in [0.25, 0.3) is 0 Å². The van der Waals surface area contributed by atoms with Crippen LogP contribution in [0.1, 0.15) is 0 Å². The predicted molar refractivity (Wildman–Crippen MR) is 53.6 cm³/mol. The van der Waals surface area contributed by atoms with Crippen molar-refractivity contribution in [2.45, 2.75) is 0 Å². The van der Waals surface area contributed by atoms with Crippen molar-refractivity contribution in [1.82, 2.24) is 0 Å². The Morgan fingerprint density at radius 3 is 3.75 bits per heavy atom. The molecule has 0 radical (unpaired) electrons. The minimum absolute atomic E-state index is 1.48. The molecular weight excluding hydrogens is 393 g/mol. The Hall–Kier alpha value is 2.19. The zero-order valence-corrected chi connectivity index (χ0v) is 8.61. The van der Waals surface area contributed by atoms with Crippen LogP contribution in [0.4, 0.5) is 0 Å². The van der Waals surface area contributed by atoms with Gasteiger partial charge in [-0.3, -0.25) is 0 Å². The molecule has 0 nitrogen and oxygen atoms in total. The topological polar surface area (TPSA) is 0 Å². The van der Waals surface area contributed by atoms with Crippen LogP contribution in [0, 0.1) is 0 Å². The standard InChI is InChI=1S/CH7I3/c1-4(2)3/h2,4H2,1H3/i2TD,4TD. The van der Waals surface area contributed by atoms with E-state index < -0.39 is 29.7 Å². The van der Waals surface area contributed by atoms with Crippen molar-refractivity contribution in [2.75, 3.05) is 4.93 Å². The van der Waals surface area contributed by atoms with E-state index in [4.69, 9.17) is 2.38 Å². The first-order valence-electron chi connectivity index (χ1n) is 2.18. The van der Waals surface area contributed by atoms with E-state index in [-0.39, 0.29) is 0 Å². The molecule has 0 aromatic rings. The van der Waals surface area contributed by atoms with Gasteiger partial charge in [-0.05, 0) is 0 Å². The van der Waals surface area contributed by atoms with Crippen LogP contribution in [-0.4, -0.2) is 7.31 Å². The molecule has 0 aliphatic rings. The third kappa shape index (κ3) is 8.89. The van der Waals surface area contributed by atoms with Crippen LogP contribution in [0.5, 0.6) is 0 Å². The van der Waals surface area contributed by atoms with E-state index in [1.165, 1.54) is 4.93 Å². The second kappa shape index (κ2) is 3.38. The average Bonchev–Trinajstić information content (AvgIpc) is 1.27. The van der Waals surface area contributed by atoms with Gasteiger partial charge in [0.15, 0.2) is 0 Å². The molecule has 0 unspecified atom stereocenters. The fraction of sp³-hybridized carbons (Fsp3) is 1.00. The number of rotatable bonds is 1. The Morgan fingerprint density at radius 1 is 3.50 bits per heavy atom. The molecule has 4 heavy (non-hydrogen) atoms. The molecule has 0 aliphatic heterocycles. The van der Waals surface area contributed by atoms with Gasteiger partial charge in [-0.2, -0.15) is 0 Å². The summed E-state index contributed by atoms with van der Waals surface area (Å²) in [7, 11) is 0. The summed E-state index contributed by atoms with van der Waals surface area (Å²) in [5, 5.41) is 0. The van der Waals surface area contributed by atoms with Crippen molar-refractivity contribution in [3.8, 4) is 0 Å². The summed E-state index contributed by atoms with van der Waals surface area (Å²) >= 11 is -4.68. The Labute approximate surface area is 54.7 Å². The number of alkyl halides is 1. The first-order chi connectivity index (χ1) is 3.20. The summed E-state index contributed by atoms with van der Waals surface area (Å²) in [5.74, 6) is 0. The third-order valence-electron chi connectivity index (χ3n) is 0. The van der Waals surface area contributed by atoms with Gasteiger partial charge in [0.2, 0.25) is 0 Å². The zero-order valence-electron chi connectivity index (χ0n) is 6.13. The molecule has 32 valence electrons. The molecule has 0 N–H and O–H groups in total. The SMILES string of the molecule is [2H]I([3H])I([2H])([3H])(C)I. The van der Waals surface area contributed by atoms with Crippen LogP contribution in [0.15, 0.2) is 0 Å². The van der Waals surface area contributed by atoms with E-state index in [0.29, 0.717) is 0 Å². The molecule has 0 aliphatic carbocycles. The molecule has 0 amide bonds. The van der Waals surface area contributed by atoms with E-state index in [0.717, 1.165) is 0 Å². The van der Waals surface area contributed by atoms with Gasteiger partial charge in [0.1, 0.15) is 0 Å². The number of hydrogen-bond acceptors (Lipinski definition) is 0. The molecule has 0 saturated carbocycles. The van der Waals surface area contributed by atoms with E-state index in [9.17, 15) is 0 Å². The first kappa shape index (κ1) is 1.97. The normalized spacial score (nSPS) is 39.5. The van der Waals surface area contributed by atoms with E-state index in [1.807, 2.05) is 0 Å². The van der Waals surface area contributed by atoms with Crippen molar-refractivity contribution in [1.29, 1.82) is 2.38 Å². The molecule has 0 rings (SSSR count). The van der Waals surface area contributed by atoms with Gasteiger partial charge in [-0.1, -0.05) is 0 Å². The molecule has 0 spiro atoms. The van der Waals surface area contributed by atoms with E-state index in [2.05, 4.69) is 0 Å². The van der Waals surface area contributed by atoms with Gasteiger partial charge in [-0.25, -0.2) is 0 Å². The Morgan fingerprint density at radius 2 is 3.75 bits per heavy atom. The minimum atomic E-state index is -3.77. The van der Waals surface area contributed by atoms with Gasteiger partial charge >= 0.3 is 55.6 Å². The van der Waals surface area contributed by atoms with Crippen LogP contribution in [0.3, 0.4) is 0 Å². The monoisotopic (exact) mass is 406 g/mol. The first-order valence-corrected chi connectivity index (χ1v) is 15.4. The third-order valence-corrected chi connectivity index (χ3v) is 0. The Kier molecular flexibility index (Phi) is 1.67. The van der Waals surface area contributed by atoms with Crippen molar-refractivity contribution in [3.05, 3.63) is 0 Å². The second-order valence-corrected chi connectivity index (χ2v) is 29.2. The maximum atomic E-state index is 7.27. The summed E-state index contributed by atoms with van der Waals surface area (Å²) in [6.45, 7) is 0. The molecule has 0 aromatic heterocycles. The maximum absolute atomic E-state index is 7.27. The molecular formula is CH7I3. The fourth-order valence-electron chi connectivity index (χ4n) is 0. The molecule has 0 atom stereocenters. The van der Waals surface area contributed by atoms with Gasteiger partial charge in [0.25, 0.3) is 0 Å². The van der Waals surface area contributed by atoms with E-state index in [1.54, 1.807) is 18.6 Å². The van der Waals surface area contributed by atoms with Gasteiger partial charge in [-0.15, -0.1) is 0 Å². The van der Waals surface area contributed by atoms with Crippen molar-refractivity contribution in [2.24, 2.45) is 0 Å². The van der Waals surface area contributed by atoms with Gasteiger partial charge in [0.05, 0.1) is 0 Å². The fourth-order valence-corrected chi connectivity index (χ4v) is 0. The summed E-state index contributed by atoms with van der Waals surface area (Å²) in [6.07, 6.45) is 0. The van der Waals surface area contributed by atoms with Crippen LogP contribution >= 0.6 is 48.3 Å². The summed E-state index contributed by atoms with van der Waals surface area (Å²) in [6, 6.07) is 0. The summed E-state index contributed by atoms with van der Waals surface area (Å²) < 4.78 is 28.4. The number of hydrogen-bond donors (Lipinski definition) is 0. The van der Waals surface area contributed by atoms with E-state index >= 15 is 0 Å². The van der Waals surface area contributed by atoms with Crippen LogP contribution in [0.2, 0.25) is 0 Å². The second-order valence-electron chi connectivity index (χ2n) is 0.340. The molecule has 0 saturated heterocycles. The van der Waals surface area contributed by atoms with Crippen molar-refractivity contribution in [3.63, 3.8) is 0 Å². The Bertz CT molecular complexity index is 81.9. The van der Waals surface area contributed by atoms with Gasteiger partial charge in [0, 0.05) is 0 Å². The molecule has 3 heteroatoms. The summed E-state index contributed by atoms with van der Waals surface area (Å²) in [4.78, 5) is 1.48. The zero-order chi connectivity index (χ0) is 7.02. The Balaban J connectivity index is 4.14.